The summed E-state index contributed by atoms with van der Waals surface area (Å²) < 4.78 is 0. The molecule has 0 saturated heterocycles. The van der Waals surface area contributed by atoms with E-state index in [-0.39, 0.29) is 18.5 Å². The summed E-state index contributed by atoms with van der Waals surface area (Å²) in [6.07, 6.45) is 0. The van der Waals surface area contributed by atoms with Crippen LogP contribution in [0.5, 0.6) is 0 Å². The maximum absolute atomic E-state index is 12.1. The van der Waals surface area contributed by atoms with Crippen LogP contribution in [0.2, 0.25) is 5.02 Å². The van der Waals surface area contributed by atoms with Gasteiger partial charge in [0.25, 0.3) is 0 Å². The number of hydrogen-bond donors (Lipinski definition) is 2. The molecule has 0 aliphatic rings. The molecule has 3 amide bonds. The number of nitrogens with zero attached hydrogens (tertiary/aromatic N) is 1. The van der Waals surface area contributed by atoms with Gasteiger partial charge in [0.1, 0.15) is 0 Å². The van der Waals surface area contributed by atoms with E-state index >= 15 is 0 Å². The quantitative estimate of drug-likeness (QED) is 0.845. The zero-order chi connectivity index (χ0) is 17.4. The lowest BCUT2D eigenvalue weighted by molar-refractivity contribution is -0.129. The van der Waals surface area contributed by atoms with Crippen molar-refractivity contribution in [1.82, 2.24) is 15.5 Å². The molecule has 0 heterocycles. The molecule has 0 fully saturated rings. The monoisotopic (exact) mass is 345 g/mol. The zero-order valence-electron chi connectivity index (χ0n) is 13.5. The minimum absolute atomic E-state index is 0.0578. The Hall–Kier alpha value is -2.53. The second-order valence-corrected chi connectivity index (χ2v) is 5.84. The third-order valence-electron chi connectivity index (χ3n) is 3.43. The van der Waals surface area contributed by atoms with Crippen LogP contribution in [0.15, 0.2) is 54.6 Å². The number of urea groups is 1. The van der Waals surface area contributed by atoms with Gasteiger partial charge in [-0.05, 0) is 23.3 Å². The van der Waals surface area contributed by atoms with Gasteiger partial charge < -0.3 is 15.5 Å². The summed E-state index contributed by atoms with van der Waals surface area (Å²) in [5, 5.41) is 5.91. The summed E-state index contributed by atoms with van der Waals surface area (Å²) in [6.45, 7) is 0.795. The maximum atomic E-state index is 12.1. The normalized spacial score (nSPS) is 10.1. The van der Waals surface area contributed by atoms with Gasteiger partial charge in [0.15, 0.2) is 0 Å². The van der Waals surface area contributed by atoms with E-state index in [0.29, 0.717) is 18.1 Å². The molecule has 2 aromatic rings. The number of amides is 3. The molecule has 0 bridgehead atoms. The lowest BCUT2D eigenvalue weighted by atomic mass is 10.2. The summed E-state index contributed by atoms with van der Waals surface area (Å²) in [5.74, 6) is -0.176. The average molecular weight is 346 g/mol. The molecule has 5 nitrogen and oxygen atoms in total. The van der Waals surface area contributed by atoms with Crippen LogP contribution in [0.25, 0.3) is 0 Å². The molecule has 2 aromatic carbocycles. The zero-order valence-corrected chi connectivity index (χ0v) is 14.2. The van der Waals surface area contributed by atoms with E-state index in [9.17, 15) is 9.59 Å². The molecule has 2 N–H and O–H groups in total. The molecule has 0 saturated carbocycles. The molecule has 6 heteroatoms. The Morgan fingerprint density at radius 2 is 1.71 bits per heavy atom. The van der Waals surface area contributed by atoms with Crippen LogP contribution >= 0.6 is 11.6 Å². The van der Waals surface area contributed by atoms with Crippen LogP contribution in [0.4, 0.5) is 4.79 Å². The van der Waals surface area contributed by atoms with Crippen molar-refractivity contribution in [2.75, 3.05) is 13.6 Å². The first-order valence-corrected chi connectivity index (χ1v) is 7.96. The molecule has 0 aliphatic heterocycles. The third kappa shape index (κ3) is 5.93. The van der Waals surface area contributed by atoms with Crippen molar-refractivity contribution in [3.05, 3.63) is 70.7 Å². The van der Waals surface area contributed by atoms with E-state index in [1.165, 1.54) is 0 Å². The molecule has 0 atom stereocenters. The second-order valence-electron chi connectivity index (χ2n) is 5.40. The Morgan fingerprint density at radius 1 is 1.00 bits per heavy atom. The first kappa shape index (κ1) is 17.8. The van der Waals surface area contributed by atoms with E-state index in [1.807, 2.05) is 48.5 Å². The standard InChI is InChI=1S/C18H20ClN3O2/c1-22(13-15-8-5-9-16(19)10-15)17(23)12-21-18(24)20-11-14-6-3-2-4-7-14/h2-10H,11-13H2,1H3,(H2,20,21,24). The Labute approximate surface area is 146 Å². The van der Waals surface area contributed by atoms with Gasteiger partial charge in [-0.2, -0.15) is 0 Å². The smallest absolute Gasteiger partial charge is 0.315 e. The van der Waals surface area contributed by atoms with Crippen molar-refractivity contribution in [1.29, 1.82) is 0 Å². The van der Waals surface area contributed by atoms with Crippen LogP contribution in [-0.4, -0.2) is 30.4 Å². The number of benzene rings is 2. The molecule has 24 heavy (non-hydrogen) atoms. The van der Waals surface area contributed by atoms with E-state index < -0.39 is 0 Å². The van der Waals surface area contributed by atoms with Gasteiger partial charge >= 0.3 is 6.03 Å². The fourth-order valence-electron chi connectivity index (χ4n) is 2.13. The first-order chi connectivity index (χ1) is 11.5. The van der Waals surface area contributed by atoms with Crippen molar-refractivity contribution >= 4 is 23.5 Å². The third-order valence-corrected chi connectivity index (χ3v) is 3.67. The minimum atomic E-state index is -0.372. The second kappa shape index (κ2) is 8.93. The molecular weight excluding hydrogens is 326 g/mol. The highest BCUT2D eigenvalue weighted by molar-refractivity contribution is 6.30. The van der Waals surface area contributed by atoms with E-state index in [1.54, 1.807) is 18.0 Å². The number of carbonyl (C=O) groups excluding carboxylic acids is 2. The number of hydrogen-bond acceptors (Lipinski definition) is 2. The van der Waals surface area contributed by atoms with Crippen molar-refractivity contribution in [2.24, 2.45) is 0 Å². The highest BCUT2D eigenvalue weighted by Gasteiger charge is 2.11. The van der Waals surface area contributed by atoms with Crippen molar-refractivity contribution in [2.45, 2.75) is 13.1 Å². The van der Waals surface area contributed by atoms with Gasteiger partial charge in [-0.1, -0.05) is 54.1 Å². The van der Waals surface area contributed by atoms with Gasteiger partial charge in [0.05, 0.1) is 6.54 Å². The number of carbonyl (C=O) groups is 2. The van der Waals surface area contributed by atoms with Crippen LogP contribution in [0, 0.1) is 0 Å². The lowest BCUT2D eigenvalue weighted by Crippen LogP contribution is -2.42. The summed E-state index contributed by atoms with van der Waals surface area (Å²) in [6, 6.07) is 16.5. The Morgan fingerprint density at radius 3 is 2.42 bits per heavy atom. The predicted molar refractivity (Wildman–Crippen MR) is 94.6 cm³/mol. The molecular formula is C18H20ClN3O2. The van der Waals surface area contributed by atoms with Crippen molar-refractivity contribution in [3.63, 3.8) is 0 Å². The minimum Gasteiger partial charge on any atom is -0.340 e. The van der Waals surface area contributed by atoms with Gasteiger partial charge in [0.2, 0.25) is 5.91 Å². The number of likely N-dealkylation sites (N-methyl/N-ethyl adjacent to an activating group) is 1. The lowest BCUT2D eigenvalue weighted by Gasteiger charge is -2.18. The SMILES string of the molecule is CN(Cc1cccc(Cl)c1)C(=O)CNC(=O)NCc1ccccc1. The highest BCUT2D eigenvalue weighted by atomic mass is 35.5. The van der Waals surface area contributed by atoms with Crippen molar-refractivity contribution < 1.29 is 9.59 Å². The summed E-state index contributed by atoms with van der Waals surface area (Å²) in [4.78, 5) is 25.3. The highest BCUT2D eigenvalue weighted by Crippen LogP contribution is 2.12. The van der Waals surface area contributed by atoms with Crippen LogP contribution in [-0.2, 0) is 17.9 Å². The molecule has 0 spiro atoms. The van der Waals surface area contributed by atoms with Crippen LogP contribution in [0.3, 0.4) is 0 Å². The first-order valence-electron chi connectivity index (χ1n) is 7.58. The van der Waals surface area contributed by atoms with Crippen LogP contribution in [0.1, 0.15) is 11.1 Å². The molecule has 0 aliphatic carbocycles. The Bertz CT molecular complexity index is 692. The summed E-state index contributed by atoms with van der Waals surface area (Å²) in [5.41, 5.74) is 1.93. The molecule has 2 rings (SSSR count). The summed E-state index contributed by atoms with van der Waals surface area (Å²) in [7, 11) is 1.69. The molecule has 0 aromatic heterocycles. The van der Waals surface area contributed by atoms with E-state index in [0.717, 1.165) is 11.1 Å². The fourth-order valence-corrected chi connectivity index (χ4v) is 2.34. The number of rotatable bonds is 6. The van der Waals surface area contributed by atoms with Gasteiger partial charge in [0, 0.05) is 25.2 Å². The number of nitrogens with one attached hydrogen (secondary N) is 2. The molecule has 0 radical (unpaired) electrons. The Balaban J connectivity index is 1.72. The maximum Gasteiger partial charge on any atom is 0.315 e. The van der Waals surface area contributed by atoms with Gasteiger partial charge in [-0.25, -0.2) is 4.79 Å². The van der Waals surface area contributed by atoms with E-state index in [4.69, 9.17) is 11.6 Å². The predicted octanol–water partition coefficient (Wildman–Crippen LogP) is 2.80. The molecule has 126 valence electrons. The van der Waals surface area contributed by atoms with E-state index in [2.05, 4.69) is 10.6 Å². The van der Waals surface area contributed by atoms with Gasteiger partial charge in [-0.15, -0.1) is 0 Å². The molecule has 0 unspecified atom stereocenters. The van der Waals surface area contributed by atoms with Crippen LogP contribution < -0.4 is 10.6 Å². The summed E-state index contributed by atoms with van der Waals surface area (Å²) >= 11 is 5.93. The van der Waals surface area contributed by atoms with Crippen molar-refractivity contribution in [3.8, 4) is 0 Å². The van der Waals surface area contributed by atoms with Gasteiger partial charge in [-0.3, -0.25) is 4.79 Å². The Kier molecular flexibility index (Phi) is 6.63. The fraction of sp³-hybridized carbons (Fsp3) is 0.222. The average Bonchev–Trinajstić information content (AvgIpc) is 2.58. The number of halogens is 1. The largest absolute Gasteiger partial charge is 0.340 e. The topological polar surface area (TPSA) is 61.4 Å².